The maximum absolute atomic E-state index is 11.7. The molecule has 6 heteroatoms. The number of carbonyl (C=O) groups excluding carboxylic acids is 2. The molecule has 0 aliphatic carbocycles. The molecule has 0 spiro atoms. The van der Waals surface area contributed by atoms with Gasteiger partial charge in [0.05, 0.1) is 0 Å². The molecule has 0 bridgehead atoms. The van der Waals surface area contributed by atoms with Gasteiger partial charge < -0.3 is 15.7 Å². The number of benzene rings is 1. The second-order valence-corrected chi connectivity index (χ2v) is 5.66. The standard InChI is InChI=1S/C14H19BrN2O3/c1-9(5-6-18)8-16-13(19)14(20)17-12-4-3-11(15)7-10(12)2/h3-4,7,9,18H,5-6,8H2,1-2H3,(H,16,19)(H,17,20). The van der Waals surface area contributed by atoms with Crippen molar-refractivity contribution in [2.24, 2.45) is 5.92 Å². The van der Waals surface area contributed by atoms with Crippen molar-refractivity contribution in [3.63, 3.8) is 0 Å². The van der Waals surface area contributed by atoms with Crippen LogP contribution in [-0.2, 0) is 9.59 Å². The Balaban J connectivity index is 2.51. The lowest BCUT2D eigenvalue weighted by atomic mass is 10.1. The summed E-state index contributed by atoms with van der Waals surface area (Å²) in [6.45, 7) is 4.18. The zero-order chi connectivity index (χ0) is 15.1. The second-order valence-electron chi connectivity index (χ2n) is 4.74. The number of aryl methyl sites for hydroxylation is 1. The first-order valence-electron chi connectivity index (χ1n) is 6.40. The van der Waals surface area contributed by atoms with E-state index < -0.39 is 11.8 Å². The van der Waals surface area contributed by atoms with Gasteiger partial charge in [-0.3, -0.25) is 9.59 Å². The van der Waals surface area contributed by atoms with Crippen molar-refractivity contribution in [1.82, 2.24) is 5.32 Å². The lowest BCUT2D eigenvalue weighted by molar-refractivity contribution is -0.136. The molecule has 0 saturated carbocycles. The van der Waals surface area contributed by atoms with E-state index in [4.69, 9.17) is 5.11 Å². The molecule has 1 rings (SSSR count). The van der Waals surface area contributed by atoms with Crippen LogP contribution in [0.25, 0.3) is 0 Å². The van der Waals surface area contributed by atoms with Gasteiger partial charge in [0.25, 0.3) is 0 Å². The summed E-state index contributed by atoms with van der Waals surface area (Å²) in [5.74, 6) is -1.23. The van der Waals surface area contributed by atoms with Gasteiger partial charge in [0.1, 0.15) is 0 Å². The van der Waals surface area contributed by atoms with Crippen molar-refractivity contribution in [3.05, 3.63) is 28.2 Å². The maximum atomic E-state index is 11.7. The number of nitrogens with one attached hydrogen (secondary N) is 2. The molecular weight excluding hydrogens is 324 g/mol. The third kappa shape index (κ3) is 5.30. The van der Waals surface area contributed by atoms with E-state index in [9.17, 15) is 9.59 Å². The minimum absolute atomic E-state index is 0.0708. The molecule has 1 aromatic rings. The normalized spacial score (nSPS) is 11.8. The Morgan fingerprint density at radius 1 is 1.35 bits per heavy atom. The highest BCUT2D eigenvalue weighted by molar-refractivity contribution is 9.10. The van der Waals surface area contributed by atoms with Gasteiger partial charge in [-0.2, -0.15) is 0 Å². The molecule has 0 fully saturated rings. The van der Waals surface area contributed by atoms with Crippen LogP contribution < -0.4 is 10.6 Å². The van der Waals surface area contributed by atoms with Crippen molar-refractivity contribution in [2.75, 3.05) is 18.5 Å². The van der Waals surface area contributed by atoms with E-state index in [1.807, 2.05) is 19.9 Å². The van der Waals surface area contributed by atoms with Crippen LogP contribution in [0.1, 0.15) is 18.9 Å². The Morgan fingerprint density at radius 3 is 2.65 bits per heavy atom. The van der Waals surface area contributed by atoms with E-state index in [1.165, 1.54) is 0 Å². The van der Waals surface area contributed by atoms with Crippen LogP contribution >= 0.6 is 15.9 Å². The fraction of sp³-hybridized carbons (Fsp3) is 0.429. The fourth-order valence-electron chi connectivity index (χ4n) is 1.62. The Morgan fingerprint density at radius 2 is 2.05 bits per heavy atom. The molecule has 1 unspecified atom stereocenters. The Kier molecular flexibility index (Phi) is 6.67. The van der Waals surface area contributed by atoms with Crippen molar-refractivity contribution >= 4 is 33.4 Å². The summed E-state index contributed by atoms with van der Waals surface area (Å²) in [7, 11) is 0. The van der Waals surface area contributed by atoms with Crippen LogP contribution in [0.15, 0.2) is 22.7 Å². The molecular formula is C14H19BrN2O3. The molecule has 20 heavy (non-hydrogen) atoms. The molecule has 2 amide bonds. The highest BCUT2D eigenvalue weighted by atomic mass is 79.9. The predicted molar refractivity (Wildman–Crippen MR) is 81.4 cm³/mol. The van der Waals surface area contributed by atoms with E-state index >= 15 is 0 Å². The minimum atomic E-state index is -0.688. The molecule has 5 nitrogen and oxygen atoms in total. The van der Waals surface area contributed by atoms with Crippen molar-refractivity contribution in [2.45, 2.75) is 20.3 Å². The molecule has 0 aromatic heterocycles. The molecule has 0 heterocycles. The topological polar surface area (TPSA) is 78.4 Å². The van der Waals surface area contributed by atoms with Crippen LogP contribution in [0.4, 0.5) is 5.69 Å². The third-order valence-corrected chi connectivity index (χ3v) is 3.37. The van der Waals surface area contributed by atoms with Crippen molar-refractivity contribution in [1.29, 1.82) is 0 Å². The first-order valence-corrected chi connectivity index (χ1v) is 7.19. The van der Waals surface area contributed by atoms with E-state index in [0.717, 1.165) is 10.0 Å². The lowest BCUT2D eigenvalue weighted by Crippen LogP contribution is -2.37. The Hall–Kier alpha value is -1.40. The van der Waals surface area contributed by atoms with Gasteiger partial charge >= 0.3 is 11.8 Å². The first kappa shape index (κ1) is 16.7. The molecule has 3 N–H and O–H groups in total. The monoisotopic (exact) mass is 342 g/mol. The third-order valence-electron chi connectivity index (χ3n) is 2.88. The van der Waals surface area contributed by atoms with Gasteiger partial charge in [-0.1, -0.05) is 22.9 Å². The summed E-state index contributed by atoms with van der Waals surface area (Å²) in [4.78, 5) is 23.4. The largest absolute Gasteiger partial charge is 0.396 e. The molecule has 0 radical (unpaired) electrons. The summed E-state index contributed by atoms with van der Waals surface area (Å²) >= 11 is 3.33. The van der Waals surface area contributed by atoms with Gasteiger partial charge in [-0.05, 0) is 43.0 Å². The molecule has 1 aromatic carbocycles. The smallest absolute Gasteiger partial charge is 0.313 e. The van der Waals surface area contributed by atoms with Crippen molar-refractivity contribution in [3.8, 4) is 0 Å². The summed E-state index contributed by atoms with van der Waals surface area (Å²) in [6, 6.07) is 5.39. The van der Waals surface area contributed by atoms with Gasteiger partial charge in [0.2, 0.25) is 0 Å². The zero-order valence-corrected chi connectivity index (χ0v) is 13.2. The first-order chi connectivity index (χ1) is 9.43. The van der Waals surface area contributed by atoms with Crippen LogP contribution in [0, 0.1) is 12.8 Å². The molecule has 0 saturated heterocycles. The van der Waals surface area contributed by atoms with Crippen LogP contribution in [0.5, 0.6) is 0 Å². The predicted octanol–water partition coefficient (Wildman–Crippen LogP) is 1.83. The zero-order valence-electron chi connectivity index (χ0n) is 11.6. The summed E-state index contributed by atoms with van der Waals surface area (Å²) in [6.07, 6.45) is 0.591. The fourth-order valence-corrected chi connectivity index (χ4v) is 2.09. The van der Waals surface area contributed by atoms with E-state index in [2.05, 4.69) is 26.6 Å². The summed E-state index contributed by atoms with van der Waals surface area (Å²) in [5, 5.41) is 13.9. The Labute approximate surface area is 126 Å². The highest BCUT2D eigenvalue weighted by Gasteiger charge is 2.15. The van der Waals surface area contributed by atoms with Gasteiger partial charge in [0, 0.05) is 23.3 Å². The number of halogens is 1. The lowest BCUT2D eigenvalue weighted by Gasteiger charge is -2.12. The van der Waals surface area contributed by atoms with Crippen LogP contribution in [0.2, 0.25) is 0 Å². The number of rotatable bonds is 5. The summed E-state index contributed by atoms with van der Waals surface area (Å²) < 4.78 is 0.912. The molecule has 1 atom stereocenters. The van der Waals surface area contributed by atoms with E-state index in [1.54, 1.807) is 12.1 Å². The number of hydrogen-bond donors (Lipinski definition) is 3. The Bertz CT molecular complexity index is 491. The van der Waals surface area contributed by atoms with Crippen LogP contribution in [-0.4, -0.2) is 30.1 Å². The molecule has 0 aliphatic rings. The number of hydrogen-bond acceptors (Lipinski definition) is 3. The van der Waals surface area contributed by atoms with Gasteiger partial charge in [-0.25, -0.2) is 0 Å². The average Bonchev–Trinajstić information content (AvgIpc) is 2.39. The van der Waals surface area contributed by atoms with Crippen LogP contribution in [0.3, 0.4) is 0 Å². The van der Waals surface area contributed by atoms with E-state index in [0.29, 0.717) is 18.7 Å². The average molecular weight is 343 g/mol. The molecule has 110 valence electrons. The second kappa shape index (κ2) is 8.01. The van der Waals surface area contributed by atoms with Crippen molar-refractivity contribution < 1.29 is 14.7 Å². The van der Waals surface area contributed by atoms with Gasteiger partial charge in [-0.15, -0.1) is 0 Å². The molecule has 0 aliphatic heterocycles. The number of amides is 2. The summed E-state index contributed by atoms with van der Waals surface area (Å²) in [5.41, 5.74) is 1.48. The number of carbonyl (C=O) groups is 2. The quantitative estimate of drug-likeness (QED) is 0.714. The number of aliphatic hydroxyl groups excluding tert-OH is 1. The minimum Gasteiger partial charge on any atom is -0.396 e. The van der Waals surface area contributed by atoms with E-state index in [-0.39, 0.29) is 12.5 Å². The highest BCUT2D eigenvalue weighted by Crippen LogP contribution is 2.19. The number of aliphatic hydroxyl groups is 1. The maximum Gasteiger partial charge on any atom is 0.313 e. The SMILES string of the molecule is Cc1cc(Br)ccc1NC(=O)C(=O)NCC(C)CCO. The number of anilines is 1. The van der Waals surface area contributed by atoms with Gasteiger partial charge in [0.15, 0.2) is 0 Å².